The fourth-order valence-electron chi connectivity index (χ4n) is 1.23. The van der Waals surface area contributed by atoms with Crippen LogP contribution in [0.1, 0.15) is 0 Å². The molecule has 1 aliphatic heterocycles. The summed E-state index contributed by atoms with van der Waals surface area (Å²) in [5, 5.41) is 14.6. The molecule has 0 fully saturated rings. The molecule has 0 spiro atoms. The largest absolute Gasteiger partial charge is 0.375 e. The molecule has 0 aliphatic carbocycles. The van der Waals surface area contributed by atoms with Gasteiger partial charge in [-0.1, -0.05) is 12.2 Å². The molecule has 1 aromatic heterocycles. The Kier molecular flexibility index (Phi) is 2.32. The normalized spacial score (nSPS) is 16.1. The minimum atomic E-state index is -0.659. The van der Waals surface area contributed by atoms with Gasteiger partial charge in [0, 0.05) is 0 Å². The standard InChI is InChI=1S/C9H8N2O2S/c12-11(13)9-8(4-3-5-10-9)14-6-1-2-7-14/h1-7,14H. The van der Waals surface area contributed by atoms with E-state index in [1.165, 1.54) is 6.20 Å². The van der Waals surface area contributed by atoms with E-state index in [0.29, 0.717) is 4.90 Å². The van der Waals surface area contributed by atoms with E-state index in [0.717, 1.165) is 0 Å². The first-order valence-corrected chi connectivity index (χ1v) is 5.50. The summed E-state index contributed by atoms with van der Waals surface area (Å²) in [4.78, 5) is 14.7. The maximum atomic E-state index is 10.7. The topological polar surface area (TPSA) is 56.0 Å². The molecule has 1 aromatic rings. The van der Waals surface area contributed by atoms with Crippen LogP contribution in [0.4, 0.5) is 5.82 Å². The zero-order valence-corrected chi connectivity index (χ0v) is 8.09. The van der Waals surface area contributed by atoms with E-state index in [1.807, 2.05) is 23.0 Å². The van der Waals surface area contributed by atoms with Gasteiger partial charge in [-0.05, 0) is 32.9 Å². The fraction of sp³-hybridized carbons (Fsp3) is 0. The molecule has 0 saturated heterocycles. The molecule has 0 bridgehead atoms. The van der Waals surface area contributed by atoms with Gasteiger partial charge in [0.1, 0.15) is 6.20 Å². The van der Waals surface area contributed by atoms with Crippen LogP contribution in [0.3, 0.4) is 0 Å². The molecule has 1 aliphatic rings. The molecule has 2 heterocycles. The highest BCUT2D eigenvalue weighted by atomic mass is 32.2. The molecule has 0 N–H and O–H groups in total. The van der Waals surface area contributed by atoms with E-state index in [1.54, 1.807) is 12.1 Å². The van der Waals surface area contributed by atoms with Crippen molar-refractivity contribution in [3.05, 3.63) is 51.4 Å². The summed E-state index contributed by atoms with van der Waals surface area (Å²) in [6.07, 6.45) is 5.26. The number of pyridine rings is 1. The van der Waals surface area contributed by atoms with Gasteiger partial charge in [-0.3, -0.25) is 0 Å². The van der Waals surface area contributed by atoms with Gasteiger partial charge in [-0.2, -0.15) is 10.9 Å². The minimum absolute atomic E-state index is 0.0326. The van der Waals surface area contributed by atoms with Gasteiger partial charge < -0.3 is 10.1 Å². The lowest BCUT2D eigenvalue weighted by Crippen LogP contribution is -1.94. The maximum Gasteiger partial charge on any atom is 0.375 e. The lowest BCUT2D eigenvalue weighted by Gasteiger charge is -2.08. The maximum absolute atomic E-state index is 10.7. The van der Waals surface area contributed by atoms with Crippen molar-refractivity contribution in [2.75, 3.05) is 0 Å². The van der Waals surface area contributed by atoms with Crippen molar-refractivity contribution in [2.24, 2.45) is 0 Å². The number of allylic oxidation sites excluding steroid dienone is 2. The number of hydrogen-bond acceptors (Lipinski definition) is 3. The van der Waals surface area contributed by atoms with Crippen LogP contribution in [0.2, 0.25) is 0 Å². The summed E-state index contributed by atoms with van der Waals surface area (Å²) < 4.78 is 0. The number of nitrogens with zero attached hydrogens (tertiary/aromatic N) is 2. The molecular formula is C9H8N2O2S. The van der Waals surface area contributed by atoms with Crippen molar-refractivity contribution in [2.45, 2.75) is 4.90 Å². The van der Waals surface area contributed by atoms with E-state index in [2.05, 4.69) is 4.98 Å². The van der Waals surface area contributed by atoms with E-state index in [9.17, 15) is 10.1 Å². The predicted molar refractivity (Wildman–Crippen MR) is 56.4 cm³/mol. The Balaban J connectivity index is 2.46. The Morgan fingerprint density at radius 1 is 1.36 bits per heavy atom. The summed E-state index contributed by atoms with van der Waals surface area (Å²) >= 11 is 0. The van der Waals surface area contributed by atoms with Gasteiger partial charge in [0.05, 0.1) is 4.90 Å². The van der Waals surface area contributed by atoms with Crippen LogP contribution in [0.15, 0.2) is 46.2 Å². The van der Waals surface area contributed by atoms with Crippen LogP contribution in [-0.4, -0.2) is 9.91 Å². The van der Waals surface area contributed by atoms with Crippen molar-refractivity contribution >= 4 is 16.7 Å². The van der Waals surface area contributed by atoms with Crippen LogP contribution >= 0.6 is 10.9 Å². The van der Waals surface area contributed by atoms with Crippen LogP contribution in [0.25, 0.3) is 0 Å². The first-order chi connectivity index (χ1) is 6.79. The smallest absolute Gasteiger partial charge is 0.358 e. The summed E-state index contributed by atoms with van der Waals surface area (Å²) in [5.74, 6) is -0.0326. The highest BCUT2D eigenvalue weighted by Gasteiger charge is 2.17. The second-order valence-corrected chi connectivity index (χ2v) is 4.59. The van der Waals surface area contributed by atoms with Gasteiger partial charge in [-0.15, -0.1) is 0 Å². The number of thiol groups is 1. The third kappa shape index (κ3) is 1.54. The average molecular weight is 208 g/mol. The highest BCUT2D eigenvalue weighted by molar-refractivity contribution is 8.22. The lowest BCUT2D eigenvalue weighted by molar-refractivity contribution is -0.392. The van der Waals surface area contributed by atoms with Gasteiger partial charge in [-0.25, -0.2) is 0 Å². The molecule has 0 atom stereocenters. The highest BCUT2D eigenvalue weighted by Crippen LogP contribution is 2.45. The monoisotopic (exact) mass is 208 g/mol. The van der Waals surface area contributed by atoms with Crippen LogP contribution < -0.4 is 0 Å². The number of nitro groups is 1. The zero-order valence-electron chi connectivity index (χ0n) is 7.20. The summed E-state index contributed by atoms with van der Waals surface area (Å²) in [6, 6.07) is 3.49. The van der Waals surface area contributed by atoms with Crippen LogP contribution in [0, 0.1) is 10.1 Å². The summed E-state index contributed by atoms with van der Waals surface area (Å²) in [6.45, 7) is 0. The minimum Gasteiger partial charge on any atom is -0.358 e. The lowest BCUT2D eigenvalue weighted by atomic mass is 10.5. The third-order valence-corrected chi connectivity index (χ3v) is 3.71. The third-order valence-electron chi connectivity index (χ3n) is 1.82. The van der Waals surface area contributed by atoms with Gasteiger partial charge in [0.15, 0.2) is 0 Å². The Bertz CT molecular complexity index is 417. The number of rotatable bonds is 2. The molecule has 4 nitrogen and oxygen atoms in total. The Hall–Kier alpha value is -1.62. The van der Waals surface area contributed by atoms with Gasteiger partial charge in [0.2, 0.25) is 0 Å². The molecule has 14 heavy (non-hydrogen) atoms. The van der Waals surface area contributed by atoms with E-state index in [4.69, 9.17) is 0 Å². The predicted octanol–water partition coefficient (Wildman–Crippen LogP) is 2.39. The zero-order chi connectivity index (χ0) is 9.97. The summed E-state index contributed by atoms with van der Waals surface area (Å²) in [5.41, 5.74) is 0. The molecule has 0 aromatic carbocycles. The molecule has 2 rings (SSSR count). The van der Waals surface area contributed by atoms with Crippen molar-refractivity contribution in [3.8, 4) is 0 Å². The first kappa shape index (κ1) is 8.96. The van der Waals surface area contributed by atoms with Crippen molar-refractivity contribution in [3.63, 3.8) is 0 Å². The molecule has 0 amide bonds. The number of aromatic nitrogens is 1. The van der Waals surface area contributed by atoms with Gasteiger partial charge >= 0.3 is 5.82 Å². The van der Waals surface area contributed by atoms with Crippen LogP contribution in [0.5, 0.6) is 0 Å². The van der Waals surface area contributed by atoms with E-state index < -0.39 is 15.8 Å². The quantitative estimate of drug-likeness (QED) is 0.461. The van der Waals surface area contributed by atoms with Crippen molar-refractivity contribution < 1.29 is 4.92 Å². The van der Waals surface area contributed by atoms with Crippen molar-refractivity contribution in [1.29, 1.82) is 0 Å². The SMILES string of the molecule is O=[N+]([O-])c1ncccc1[SH]1C=CC=C1. The summed E-state index contributed by atoms with van der Waals surface area (Å²) in [7, 11) is -0.659. The molecule has 0 radical (unpaired) electrons. The average Bonchev–Trinajstić information content (AvgIpc) is 2.70. The molecule has 0 saturated carbocycles. The van der Waals surface area contributed by atoms with E-state index >= 15 is 0 Å². The molecule has 72 valence electrons. The molecular weight excluding hydrogens is 200 g/mol. The second-order valence-electron chi connectivity index (χ2n) is 2.69. The first-order valence-electron chi connectivity index (χ1n) is 4.02. The Morgan fingerprint density at radius 2 is 2.07 bits per heavy atom. The van der Waals surface area contributed by atoms with Crippen LogP contribution in [-0.2, 0) is 0 Å². The van der Waals surface area contributed by atoms with E-state index in [-0.39, 0.29) is 5.82 Å². The fourth-order valence-corrected chi connectivity index (χ4v) is 2.84. The number of hydrogen-bond donors (Lipinski definition) is 1. The second kappa shape index (κ2) is 3.63. The Labute approximate surface area is 83.5 Å². The molecule has 5 heteroatoms. The Morgan fingerprint density at radius 3 is 2.71 bits per heavy atom. The van der Waals surface area contributed by atoms with Gasteiger partial charge in [0.25, 0.3) is 0 Å². The van der Waals surface area contributed by atoms with Crippen molar-refractivity contribution in [1.82, 2.24) is 4.98 Å². The molecule has 0 unspecified atom stereocenters.